The molecule has 2 aromatic heterocycles. The van der Waals surface area contributed by atoms with Crippen LogP contribution in [0.4, 0.5) is 0 Å². The SMILES string of the molecule is Cc1ncc(C(CNC(=O)c2ccc3[nH]ccc3c2Cl)N2CCC(C(=O)O)CC2)cn1. The van der Waals surface area contributed by atoms with E-state index in [1.54, 1.807) is 24.7 Å². The third-order valence-corrected chi connectivity index (χ3v) is 6.28. The zero-order valence-corrected chi connectivity index (χ0v) is 17.9. The summed E-state index contributed by atoms with van der Waals surface area (Å²) in [5, 5.41) is 13.5. The third kappa shape index (κ3) is 4.55. The van der Waals surface area contributed by atoms with Gasteiger partial charge in [0, 0.05) is 41.6 Å². The Labute approximate surface area is 184 Å². The van der Waals surface area contributed by atoms with Crippen molar-refractivity contribution in [1.82, 2.24) is 25.2 Å². The Balaban J connectivity index is 1.51. The number of hydrogen-bond donors (Lipinski definition) is 3. The largest absolute Gasteiger partial charge is 0.481 e. The van der Waals surface area contributed by atoms with Crippen molar-refractivity contribution in [2.75, 3.05) is 19.6 Å². The van der Waals surface area contributed by atoms with Crippen LogP contribution in [-0.4, -0.2) is 56.5 Å². The molecule has 1 saturated heterocycles. The minimum Gasteiger partial charge on any atom is -0.481 e. The van der Waals surface area contributed by atoms with Crippen LogP contribution in [0, 0.1) is 12.8 Å². The zero-order chi connectivity index (χ0) is 22.0. The zero-order valence-electron chi connectivity index (χ0n) is 17.1. The summed E-state index contributed by atoms with van der Waals surface area (Å²) >= 11 is 6.46. The highest BCUT2D eigenvalue weighted by molar-refractivity contribution is 6.38. The Kier molecular flexibility index (Phi) is 6.20. The molecule has 8 nitrogen and oxygen atoms in total. The Hall–Kier alpha value is -2.97. The van der Waals surface area contributed by atoms with Crippen LogP contribution >= 0.6 is 11.6 Å². The molecule has 0 radical (unpaired) electrons. The fourth-order valence-corrected chi connectivity index (χ4v) is 4.36. The van der Waals surface area contributed by atoms with E-state index < -0.39 is 5.97 Å². The molecule has 1 aliphatic heterocycles. The highest BCUT2D eigenvalue weighted by Gasteiger charge is 2.30. The molecule has 1 fully saturated rings. The van der Waals surface area contributed by atoms with Crippen LogP contribution in [0.1, 0.15) is 40.6 Å². The minimum atomic E-state index is -0.752. The van der Waals surface area contributed by atoms with Gasteiger partial charge in [0.25, 0.3) is 5.91 Å². The molecule has 1 amide bonds. The van der Waals surface area contributed by atoms with Gasteiger partial charge in [0.1, 0.15) is 5.82 Å². The first-order chi connectivity index (χ1) is 14.9. The summed E-state index contributed by atoms with van der Waals surface area (Å²) in [7, 11) is 0. The number of nitrogens with zero attached hydrogens (tertiary/aromatic N) is 3. The molecule has 3 aromatic rings. The van der Waals surface area contributed by atoms with E-state index in [-0.39, 0.29) is 17.9 Å². The number of halogens is 1. The van der Waals surface area contributed by atoms with Gasteiger partial charge in [0.2, 0.25) is 0 Å². The van der Waals surface area contributed by atoms with Crippen molar-refractivity contribution in [2.24, 2.45) is 5.92 Å². The van der Waals surface area contributed by atoms with Crippen LogP contribution in [0.15, 0.2) is 36.8 Å². The molecule has 4 rings (SSSR count). The van der Waals surface area contributed by atoms with E-state index in [0.717, 1.165) is 16.5 Å². The number of aryl methyl sites for hydroxylation is 1. The summed E-state index contributed by atoms with van der Waals surface area (Å²) in [5.74, 6) is -0.667. The number of carbonyl (C=O) groups excluding carboxylic acids is 1. The topological polar surface area (TPSA) is 111 Å². The number of aliphatic carboxylic acids is 1. The molecule has 1 unspecified atom stereocenters. The average molecular weight is 442 g/mol. The molecule has 9 heteroatoms. The summed E-state index contributed by atoms with van der Waals surface area (Å²) in [5.41, 5.74) is 2.17. The Bertz CT molecular complexity index is 1090. The van der Waals surface area contributed by atoms with Crippen molar-refractivity contribution in [2.45, 2.75) is 25.8 Å². The van der Waals surface area contributed by atoms with Crippen LogP contribution in [0.2, 0.25) is 5.02 Å². The first-order valence-corrected chi connectivity index (χ1v) is 10.6. The standard InChI is InChI=1S/C22H24ClN5O3/c1-13-25-10-15(11-26-13)19(28-8-5-14(6-9-28)22(30)31)12-27-21(29)17-2-3-18-16(20(17)23)4-7-24-18/h2-4,7,10-11,14,19,24H,5-6,8-9,12H2,1H3,(H,27,29)(H,30,31). The molecule has 3 N–H and O–H groups in total. The van der Waals surface area contributed by atoms with Gasteiger partial charge in [-0.15, -0.1) is 0 Å². The van der Waals surface area contributed by atoms with E-state index in [0.29, 0.717) is 48.9 Å². The van der Waals surface area contributed by atoms with Crippen LogP contribution < -0.4 is 5.32 Å². The quantitative estimate of drug-likeness (QED) is 0.541. The maximum Gasteiger partial charge on any atom is 0.306 e. The molecule has 3 heterocycles. The number of piperidine rings is 1. The normalized spacial score (nSPS) is 16.3. The van der Waals surface area contributed by atoms with E-state index >= 15 is 0 Å². The van der Waals surface area contributed by atoms with Crippen molar-refractivity contribution < 1.29 is 14.7 Å². The predicted molar refractivity (Wildman–Crippen MR) is 117 cm³/mol. The number of nitrogens with one attached hydrogen (secondary N) is 2. The van der Waals surface area contributed by atoms with Gasteiger partial charge in [-0.25, -0.2) is 9.97 Å². The molecule has 0 saturated carbocycles. The van der Waals surface area contributed by atoms with Crippen molar-refractivity contribution in [1.29, 1.82) is 0 Å². The molecular weight excluding hydrogens is 418 g/mol. The van der Waals surface area contributed by atoms with E-state index in [2.05, 4.69) is 25.2 Å². The number of likely N-dealkylation sites (tertiary alicyclic amines) is 1. The van der Waals surface area contributed by atoms with E-state index in [9.17, 15) is 14.7 Å². The number of fused-ring (bicyclic) bond motifs is 1. The van der Waals surface area contributed by atoms with Crippen LogP contribution in [0.5, 0.6) is 0 Å². The number of benzene rings is 1. The van der Waals surface area contributed by atoms with E-state index in [1.807, 2.05) is 19.1 Å². The lowest BCUT2D eigenvalue weighted by Gasteiger charge is -2.36. The highest BCUT2D eigenvalue weighted by atomic mass is 35.5. The summed E-state index contributed by atoms with van der Waals surface area (Å²) < 4.78 is 0. The summed E-state index contributed by atoms with van der Waals surface area (Å²) in [6, 6.07) is 5.22. The van der Waals surface area contributed by atoms with Gasteiger partial charge in [-0.05, 0) is 51.1 Å². The maximum absolute atomic E-state index is 12.9. The Morgan fingerprint density at radius 3 is 2.65 bits per heavy atom. The molecule has 162 valence electrons. The molecule has 1 aromatic carbocycles. The first kappa shape index (κ1) is 21.3. The molecule has 31 heavy (non-hydrogen) atoms. The number of aromatic nitrogens is 3. The van der Waals surface area contributed by atoms with Gasteiger partial charge in [-0.3, -0.25) is 14.5 Å². The summed E-state index contributed by atoms with van der Waals surface area (Å²) in [4.78, 5) is 38.1. The third-order valence-electron chi connectivity index (χ3n) is 5.87. The van der Waals surface area contributed by atoms with Gasteiger partial charge in [-0.2, -0.15) is 0 Å². The number of hydrogen-bond acceptors (Lipinski definition) is 5. The Morgan fingerprint density at radius 1 is 1.26 bits per heavy atom. The van der Waals surface area contributed by atoms with Crippen molar-refractivity contribution >= 4 is 34.4 Å². The number of carboxylic acid groups (broad SMARTS) is 1. The van der Waals surface area contributed by atoms with Crippen LogP contribution in [0.3, 0.4) is 0 Å². The fourth-order valence-electron chi connectivity index (χ4n) is 4.05. The van der Waals surface area contributed by atoms with Gasteiger partial charge in [0.15, 0.2) is 0 Å². The minimum absolute atomic E-state index is 0.158. The van der Waals surface area contributed by atoms with Crippen LogP contribution in [-0.2, 0) is 4.79 Å². The van der Waals surface area contributed by atoms with Gasteiger partial charge < -0.3 is 15.4 Å². The number of rotatable bonds is 6. The number of amides is 1. The molecule has 0 spiro atoms. The predicted octanol–water partition coefficient (Wildman–Crippen LogP) is 3.19. The lowest BCUT2D eigenvalue weighted by atomic mass is 9.95. The second-order valence-corrected chi connectivity index (χ2v) is 8.18. The fraction of sp³-hybridized carbons (Fsp3) is 0.364. The second-order valence-electron chi connectivity index (χ2n) is 7.80. The second kappa shape index (κ2) is 9.03. The molecule has 1 aliphatic rings. The highest BCUT2D eigenvalue weighted by Crippen LogP contribution is 2.28. The van der Waals surface area contributed by atoms with E-state index in [4.69, 9.17) is 11.6 Å². The Morgan fingerprint density at radius 2 is 1.97 bits per heavy atom. The van der Waals surface area contributed by atoms with Gasteiger partial charge >= 0.3 is 5.97 Å². The molecule has 0 bridgehead atoms. The van der Waals surface area contributed by atoms with E-state index in [1.165, 1.54) is 0 Å². The first-order valence-electron chi connectivity index (χ1n) is 10.2. The molecule has 1 atom stereocenters. The van der Waals surface area contributed by atoms with Gasteiger partial charge in [0.05, 0.1) is 22.5 Å². The lowest BCUT2D eigenvalue weighted by Crippen LogP contribution is -2.43. The maximum atomic E-state index is 12.9. The monoisotopic (exact) mass is 441 g/mol. The molecule has 0 aliphatic carbocycles. The summed E-state index contributed by atoms with van der Waals surface area (Å²) in [6.45, 7) is 3.41. The lowest BCUT2D eigenvalue weighted by molar-refractivity contribution is -0.143. The number of carboxylic acids is 1. The van der Waals surface area contributed by atoms with Crippen molar-refractivity contribution in [3.63, 3.8) is 0 Å². The summed E-state index contributed by atoms with van der Waals surface area (Å²) in [6.07, 6.45) is 6.46. The number of carbonyl (C=O) groups is 2. The number of aromatic amines is 1. The molecular formula is C22H24ClN5O3. The van der Waals surface area contributed by atoms with Crippen LogP contribution in [0.25, 0.3) is 10.9 Å². The van der Waals surface area contributed by atoms with Gasteiger partial charge in [-0.1, -0.05) is 11.6 Å². The van der Waals surface area contributed by atoms with Crippen molar-refractivity contribution in [3.05, 3.63) is 58.8 Å². The number of H-pyrrole nitrogens is 1. The van der Waals surface area contributed by atoms with Crippen molar-refractivity contribution in [3.8, 4) is 0 Å². The smallest absolute Gasteiger partial charge is 0.306 e. The average Bonchev–Trinajstić information content (AvgIpc) is 3.25.